The van der Waals surface area contributed by atoms with E-state index in [-0.39, 0.29) is 24.8 Å². The minimum atomic E-state index is 0. The summed E-state index contributed by atoms with van der Waals surface area (Å²) in [4.78, 5) is 0. The van der Waals surface area contributed by atoms with Crippen molar-refractivity contribution in [2.45, 2.75) is 51.4 Å². The van der Waals surface area contributed by atoms with E-state index in [1.165, 1.54) is 65.7 Å². The summed E-state index contributed by atoms with van der Waals surface area (Å²) < 4.78 is 1.46. The van der Waals surface area contributed by atoms with Gasteiger partial charge >= 0.3 is 98.9 Å². The number of fused-ring (bicyclic) bond motifs is 1. The average molecular weight is 654 g/mol. The number of halogens is 2. The molecule has 0 saturated carbocycles. The van der Waals surface area contributed by atoms with Crippen LogP contribution < -0.4 is 24.8 Å². The molecule has 6 rings (SSSR count). The van der Waals surface area contributed by atoms with E-state index < -0.39 is 0 Å². The van der Waals surface area contributed by atoms with Gasteiger partial charge in [0.1, 0.15) is 0 Å². The van der Waals surface area contributed by atoms with Gasteiger partial charge in [0.15, 0.2) is 0 Å². The third-order valence-corrected chi connectivity index (χ3v) is 8.51. The Morgan fingerprint density at radius 1 is 0.647 bits per heavy atom. The van der Waals surface area contributed by atoms with Crippen LogP contribution in [0.3, 0.4) is 0 Å². The van der Waals surface area contributed by atoms with Crippen LogP contribution in [0.5, 0.6) is 0 Å². The van der Waals surface area contributed by atoms with Crippen LogP contribution in [0, 0.1) is 6.42 Å². The van der Waals surface area contributed by atoms with Gasteiger partial charge in [0.25, 0.3) is 0 Å². The minimum absolute atomic E-state index is 0. The van der Waals surface area contributed by atoms with E-state index in [9.17, 15) is 0 Å². The van der Waals surface area contributed by atoms with Gasteiger partial charge in [0.2, 0.25) is 0 Å². The van der Waals surface area contributed by atoms with Gasteiger partial charge in [-0.3, -0.25) is 0 Å². The molecular weight excluding hydrogens is 622 g/mol. The van der Waals surface area contributed by atoms with Gasteiger partial charge < -0.3 is 24.8 Å². The summed E-state index contributed by atoms with van der Waals surface area (Å²) in [6, 6.07) is 31.2. The van der Waals surface area contributed by atoms with Crippen LogP contribution in [0.1, 0.15) is 62.5 Å². The molecule has 0 fully saturated rings. The molecule has 176 valence electrons. The second-order valence-corrected chi connectivity index (χ2v) is 10.4. The van der Waals surface area contributed by atoms with Gasteiger partial charge in [-0.25, -0.2) is 24.1 Å². The minimum Gasteiger partial charge on any atom is -0.214 e. The van der Waals surface area contributed by atoms with Crippen molar-refractivity contribution in [1.82, 2.24) is 0 Å². The van der Waals surface area contributed by atoms with Gasteiger partial charge in [0, 0.05) is 0 Å². The summed E-state index contributed by atoms with van der Waals surface area (Å²) in [6.07, 6.45) is 13.6. The molecule has 0 heterocycles. The fourth-order valence-electron chi connectivity index (χ4n) is 4.82. The Kier molecular flexibility index (Phi) is 13.0. The first kappa shape index (κ1) is 28.7. The predicted molar refractivity (Wildman–Crippen MR) is 133 cm³/mol. The quantitative estimate of drug-likeness (QED) is 0.294. The second-order valence-electron chi connectivity index (χ2n) is 8.64. The molecule has 0 aliphatic heterocycles. The summed E-state index contributed by atoms with van der Waals surface area (Å²) in [7, 11) is 0. The molecule has 3 aromatic rings. The van der Waals surface area contributed by atoms with Crippen LogP contribution in [-0.4, -0.2) is 3.26 Å². The van der Waals surface area contributed by atoms with E-state index in [0.29, 0.717) is 0 Å². The van der Waals surface area contributed by atoms with Crippen molar-refractivity contribution in [1.29, 1.82) is 0 Å². The molecule has 0 amide bonds. The Balaban J connectivity index is 0.000000191. The summed E-state index contributed by atoms with van der Waals surface area (Å²) in [5.41, 5.74) is 9.77. The molecule has 0 bridgehead atoms. The largest absolute Gasteiger partial charge is 0.214 e. The van der Waals surface area contributed by atoms with Crippen molar-refractivity contribution >= 4 is 3.26 Å². The first-order valence-corrected chi connectivity index (χ1v) is 13.7. The number of hydrogen-bond donors (Lipinski definition) is 0. The molecule has 0 saturated heterocycles. The van der Waals surface area contributed by atoms with Crippen molar-refractivity contribution < 1.29 is 48.7 Å². The Morgan fingerprint density at radius 2 is 1.21 bits per heavy atom. The van der Waals surface area contributed by atoms with Crippen LogP contribution in [0.25, 0.3) is 0 Å². The van der Waals surface area contributed by atoms with E-state index in [1.54, 1.807) is 22.3 Å². The maximum absolute atomic E-state index is 2.50. The molecule has 0 unspecified atom stereocenters. The standard InChI is InChI=1S/C13H17.C13H10.C5H5.2ClH.Hf/c1-3-7-12-10(5-1)9-11-6-2-4-8-13(11)12;1-3-7-12(8-4-1)11-13-9-5-2-6-10-13;1-2-4-5-3-1;;;/h5H,1-4,6-9H2;1-10H;1-5H;2*1H;/q-1;;-1;;;+2/p-2. The maximum Gasteiger partial charge on any atom is -0.172 e. The van der Waals surface area contributed by atoms with Crippen LogP contribution in [0.15, 0.2) is 113 Å². The Hall–Kier alpha value is -1.54. The first-order valence-electron chi connectivity index (χ1n) is 12.0. The third kappa shape index (κ3) is 8.01. The maximum atomic E-state index is 2.50. The normalized spacial score (nSPS) is 15.6. The molecule has 3 aromatic carbocycles. The molecule has 3 heteroatoms. The summed E-state index contributed by atoms with van der Waals surface area (Å²) in [5, 5.41) is 0. The van der Waals surface area contributed by atoms with E-state index in [0.717, 1.165) is 23.9 Å². The molecule has 0 aromatic heterocycles. The Labute approximate surface area is 232 Å². The number of hydrogen-bond acceptors (Lipinski definition) is 0. The van der Waals surface area contributed by atoms with E-state index in [2.05, 4.69) is 67.1 Å². The first-order chi connectivity index (χ1) is 15.8. The van der Waals surface area contributed by atoms with Gasteiger partial charge in [-0.05, 0) is 25.7 Å². The zero-order valence-electron chi connectivity index (χ0n) is 19.7. The van der Waals surface area contributed by atoms with Crippen molar-refractivity contribution in [3.8, 4) is 0 Å². The second kappa shape index (κ2) is 15.5. The average Bonchev–Trinajstić information content (AvgIpc) is 3.57. The third-order valence-electron chi connectivity index (χ3n) is 6.44. The van der Waals surface area contributed by atoms with Crippen molar-refractivity contribution in [3.63, 3.8) is 0 Å². The van der Waals surface area contributed by atoms with Gasteiger partial charge in [0.05, 0.1) is 0 Å². The van der Waals surface area contributed by atoms with Gasteiger partial charge in [-0.1, -0.05) is 24.8 Å². The smallest absolute Gasteiger partial charge is 0.172 e. The van der Waals surface area contributed by atoms with E-state index >= 15 is 0 Å². The molecule has 3 aliphatic rings. The zero-order chi connectivity index (χ0) is 22.0. The van der Waals surface area contributed by atoms with E-state index in [1.807, 2.05) is 30.3 Å². The van der Waals surface area contributed by atoms with Gasteiger partial charge in [-0.15, -0.1) is 12.0 Å². The fourth-order valence-corrected chi connectivity index (χ4v) is 6.01. The molecule has 0 spiro atoms. The van der Waals surface area contributed by atoms with Crippen LogP contribution in [0.2, 0.25) is 0 Å². The molecular formula is C31H32Cl2Hf-2. The molecule has 0 radical (unpaired) electrons. The number of benzene rings is 2. The molecule has 3 aliphatic carbocycles. The summed E-state index contributed by atoms with van der Waals surface area (Å²) in [5.74, 6) is 0. The topological polar surface area (TPSA) is 0 Å². The Bertz CT molecular complexity index is 959. The molecule has 0 atom stereocenters. The fraction of sp³-hybridized carbons (Fsp3) is 0.258. The van der Waals surface area contributed by atoms with Gasteiger partial charge in [-0.2, -0.15) is 23.8 Å². The number of rotatable bonds is 2. The van der Waals surface area contributed by atoms with Crippen LogP contribution in [0.4, 0.5) is 0 Å². The predicted octanol–water partition coefficient (Wildman–Crippen LogP) is 2.16. The van der Waals surface area contributed by atoms with Crippen LogP contribution >= 0.6 is 0 Å². The molecule has 0 nitrogen and oxygen atoms in total. The summed E-state index contributed by atoms with van der Waals surface area (Å²) >= 11 is 1.08. The Morgan fingerprint density at radius 3 is 1.76 bits per heavy atom. The SMILES string of the molecule is [CH-]1CCCC2=C1CC1=C2CCCC1.[Cl-].[Cl-].[Hf+2]=[C](c1ccccc1)c1ccccc1.c1cc[cH-]c1. The van der Waals surface area contributed by atoms with Crippen molar-refractivity contribution in [2.75, 3.05) is 0 Å². The van der Waals surface area contributed by atoms with Crippen molar-refractivity contribution in [3.05, 3.63) is 131 Å². The van der Waals surface area contributed by atoms with Crippen LogP contribution in [-0.2, 0) is 23.9 Å². The monoisotopic (exact) mass is 654 g/mol. The van der Waals surface area contributed by atoms with Crippen molar-refractivity contribution in [2.24, 2.45) is 0 Å². The van der Waals surface area contributed by atoms with E-state index in [4.69, 9.17) is 0 Å². The molecule has 34 heavy (non-hydrogen) atoms. The number of allylic oxidation sites excluding steroid dienone is 4. The molecule has 0 N–H and O–H groups in total. The summed E-state index contributed by atoms with van der Waals surface area (Å²) in [6.45, 7) is 0. The zero-order valence-corrected chi connectivity index (χ0v) is 24.8.